The minimum atomic E-state index is -1.27. The monoisotopic (exact) mass is 838 g/mol. The van der Waals surface area contributed by atoms with Crippen LogP contribution >= 0.6 is 0 Å². The number of ether oxygens (including phenoxy) is 2. The molecule has 5 N–H and O–H groups in total. The van der Waals surface area contributed by atoms with Crippen LogP contribution in [0.2, 0.25) is 0 Å². The molecule has 3 aliphatic rings. The van der Waals surface area contributed by atoms with Crippen molar-refractivity contribution in [1.29, 1.82) is 0 Å². The molecular formula is C47H50N8O7. The zero-order chi connectivity index (χ0) is 43.4. The van der Waals surface area contributed by atoms with Gasteiger partial charge in [-0.1, -0.05) is 62.4 Å². The molecule has 5 heterocycles. The lowest BCUT2D eigenvalue weighted by Crippen LogP contribution is -2.52. The van der Waals surface area contributed by atoms with Crippen molar-refractivity contribution in [2.24, 2.45) is 5.92 Å². The van der Waals surface area contributed by atoms with Crippen LogP contribution in [-0.4, -0.2) is 84.1 Å². The Morgan fingerprint density at radius 2 is 1.56 bits per heavy atom. The lowest BCUT2D eigenvalue weighted by atomic mass is 9.92. The molecule has 2 aromatic heterocycles. The van der Waals surface area contributed by atoms with Crippen LogP contribution in [0.15, 0.2) is 79.0 Å². The lowest BCUT2D eigenvalue weighted by molar-refractivity contribution is -0.137. The van der Waals surface area contributed by atoms with Crippen molar-refractivity contribution in [2.45, 2.75) is 96.2 Å². The number of nitrogens with zero attached hydrogens (tertiary/aromatic N) is 4. The van der Waals surface area contributed by atoms with E-state index in [0.717, 1.165) is 74.8 Å². The fourth-order valence-electron chi connectivity index (χ4n) is 9.60. The summed E-state index contributed by atoms with van der Waals surface area (Å²) in [5, 5.41) is 16.8. The van der Waals surface area contributed by atoms with E-state index >= 15 is 0 Å². The second-order valence-electron chi connectivity index (χ2n) is 17.0. The van der Waals surface area contributed by atoms with Gasteiger partial charge in [0.15, 0.2) is 0 Å². The summed E-state index contributed by atoms with van der Waals surface area (Å²) in [7, 11) is 1.29. The Labute approximate surface area is 358 Å². The Morgan fingerprint density at radius 3 is 2.27 bits per heavy atom. The van der Waals surface area contributed by atoms with Gasteiger partial charge < -0.3 is 45.0 Å². The van der Waals surface area contributed by atoms with Crippen LogP contribution in [0.5, 0.6) is 5.75 Å². The molecule has 2 fully saturated rings. The first-order valence-electron chi connectivity index (χ1n) is 21.2. The van der Waals surface area contributed by atoms with Gasteiger partial charge in [-0.05, 0) is 97.4 Å². The highest BCUT2D eigenvalue weighted by Crippen LogP contribution is 2.44. The number of aromatic nitrogens is 4. The number of carbonyl (C=O) groups excluding carboxylic acids is 3. The highest BCUT2D eigenvalue weighted by Gasteiger charge is 2.42. The first-order chi connectivity index (χ1) is 29.9. The molecule has 0 saturated carbocycles. The summed E-state index contributed by atoms with van der Waals surface area (Å²) in [6.07, 6.45) is 2.90. The molecule has 4 aromatic carbocycles. The van der Waals surface area contributed by atoms with Crippen LogP contribution in [0.3, 0.4) is 0 Å². The average Bonchev–Trinajstić information content (AvgIpc) is 4.09. The fourth-order valence-corrected chi connectivity index (χ4v) is 9.60. The number of alkyl carbamates (subject to hydrolysis) is 1. The molecule has 6 aromatic rings. The highest BCUT2D eigenvalue weighted by molar-refractivity contribution is 6.07. The SMILES string of the molecule is COC(=O)N[C@H](C(=O)N1[C@@H](C)CC[C@H]1c1ncc(-c2ccc3c(c2)COc2cc4c(ccc5nc([C@@H]6CC[C@H](C)N6C(=O)[C@H](NC(=O)O)c6ccccc6)[nH]c54)cc2-3)[nH]1)C(C)C. The highest BCUT2D eigenvalue weighted by atomic mass is 16.5. The number of amides is 4. The van der Waals surface area contributed by atoms with Crippen LogP contribution in [0, 0.1) is 5.92 Å². The topological polar surface area (TPSA) is 195 Å². The summed E-state index contributed by atoms with van der Waals surface area (Å²) in [5.74, 6) is 1.50. The van der Waals surface area contributed by atoms with Gasteiger partial charge in [0.05, 0.1) is 42.1 Å². The molecule has 6 atom stereocenters. The number of hydrogen-bond donors (Lipinski definition) is 5. The molecule has 0 aliphatic carbocycles. The fraction of sp³-hybridized carbons (Fsp3) is 0.362. The van der Waals surface area contributed by atoms with Crippen molar-refractivity contribution in [3.8, 4) is 28.1 Å². The van der Waals surface area contributed by atoms with Crippen molar-refractivity contribution >= 4 is 45.8 Å². The minimum Gasteiger partial charge on any atom is -0.488 e. The Balaban J connectivity index is 0.974. The molecule has 2 saturated heterocycles. The van der Waals surface area contributed by atoms with Gasteiger partial charge in [0.1, 0.15) is 36.1 Å². The number of benzene rings is 4. The second kappa shape index (κ2) is 16.2. The normalized spacial score (nSPS) is 20.4. The van der Waals surface area contributed by atoms with Gasteiger partial charge in [0.25, 0.3) is 5.91 Å². The molecule has 15 heteroatoms. The maximum Gasteiger partial charge on any atom is 0.407 e. The van der Waals surface area contributed by atoms with Gasteiger partial charge in [-0.2, -0.15) is 0 Å². The number of methoxy groups -OCH3 is 1. The summed E-state index contributed by atoms with van der Waals surface area (Å²) in [4.78, 5) is 72.4. The van der Waals surface area contributed by atoms with E-state index in [9.17, 15) is 24.3 Å². The number of hydrogen-bond acceptors (Lipinski definition) is 8. The number of imidazole rings is 2. The molecule has 9 rings (SSSR count). The summed E-state index contributed by atoms with van der Waals surface area (Å²) >= 11 is 0. The number of rotatable bonds is 9. The molecule has 0 bridgehead atoms. The van der Waals surface area contributed by atoms with Gasteiger partial charge in [0, 0.05) is 23.0 Å². The van der Waals surface area contributed by atoms with E-state index in [1.54, 1.807) is 35.4 Å². The predicted molar refractivity (Wildman–Crippen MR) is 232 cm³/mol. The summed E-state index contributed by atoms with van der Waals surface area (Å²) < 4.78 is 11.2. The zero-order valence-electron chi connectivity index (χ0n) is 35.3. The Morgan fingerprint density at radius 1 is 0.839 bits per heavy atom. The van der Waals surface area contributed by atoms with Crippen molar-refractivity contribution in [3.63, 3.8) is 0 Å². The number of fused-ring (bicyclic) bond motifs is 6. The molecule has 0 unspecified atom stereocenters. The first kappa shape index (κ1) is 40.5. The minimum absolute atomic E-state index is 0.0229. The third kappa shape index (κ3) is 7.24. The number of H-pyrrole nitrogens is 2. The predicted octanol–water partition coefficient (Wildman–Crippen LogP) is 8.16. The number of likely N-dealkylation sites (tertiary alicyclic amines) is 2. The Hall–Kier alpha value is -6.90. The Kier molecular flexibility index (Phi) is 10.6. The molecular weight excluding hydrogens is 789 g/mol. The number of carboxylic acid groups (broad SMARTS) is 1. The molecule has 3 aliphatic heterocycles. The summed E-state index contributed by atoms with van der Waals surface area (Å²) in [6, 6.07) is 20.9. The van der Waals surface area contributed by atoms with E-state index in [1.165, 1.54) is 7.11 Å². The third-order valence-corrected chi connectivity index (χ3v) is 12.8. The van der Waals surface area contributed by atoms with E-state index in [4.69, 9.17) is 19.4 Å². The van der Waals surface area contributed by atoms with E-state index in [0.29, 0.717) is 30.2 Å². The smallest absolute Gasteiger partial charge is 0.407 e. The largest absolute Gasteiger partial charge is 0.488 e. The van der Waals surface area contributed by atoms with Crippen LogP contribution in [0.4, 0.5) is 9.59 Å². The van der Waals surface area contributed by atoms with E-state index in [-0.39, 0.29) is 41.9 Å². The summed E-state index contributed by atoms with van der Waals surface area (Å²) in [5.41, 5.74) is 7.03. The van der Waals surface area contributed by atoms with Crippen molar-refractivity contribution < 1.29 is 33.8 Å². The van der Waals surface area contributed by atoms with Crippen molar-refractivity contribution in [1.82, 2.24) is 40.4 Å². The van der Waals surface area contributed by atoms with E-state index in [2.05, 4.69) is 50.9 Å². The molecule has 320 valence electrons. The summed E-state index contributed by atoms with van der Waals surface area (Å²) in [6.45, 7) is 8.18. The first-order valence-corrected chi connectivity index (χ1v) is 21.2. The standard InChI is InChI=1S/C47H50N8O7/c1-24(2)39(53-47(60)61-5)44(56)54-25(3)11-17-36(54)42-48-22-35(50-42)29-13-15-31-30(19-29)23-62-38-21-32-28(20-33(31)38)14-16-34-41(32)51-43(49-34)37-18-12-26(4)55(37)45(57)40(52-46(58)59)27-9-7-6-8-10-27/h6-10,13-16,19-22,24-26,36-37,39-40,52H,11-12,17-18,23H2,1-5H3,(H,48,50)(H,49,51)(H,53,60)(H,58,59)/t25-,26-,36-,37-,39-,40+/m0/s1. The molecule has 0 radical (unpaired) electrons. The quantitative estimate of drug-likeness (QED) is 0.0955. The average molecular weight is 839 g/mol. The van der Waals surface area contributed by atoms with E-state index < -0.39 is 24.3 Å². The maximum absolute atomic E-state index is 14.2. The van der Waals surface area contributed by atoms with Gasteiger partial charge in [-0.25, -0.2) is 19.6 Å². The second-order valence-corrected chi connectivity index (χ2v) is 17.0. The molecule has 4 amide bonds. The number of carbonyl (C=O) groups is 4. The van der Waals surface area contributed by atoms with E-state index in [1.807, 2.05) is 50.8 Å². The van der Waals surface area contributed by atoms with Crippen LogP contribution in [0.1, 0.15) is 94.3 Å². The van der Waals surface area contributed by atoms with Gasteiger partial charge in [-0.3, -0.25) is 9.59 Å². The maximum atomic E-state index is 14.2. The molecule has 62 heavy (non-hydrogen) atoms. The number of nitrogens with one attached hydrogen (secondary N) is 4. The number of aromatic amines is 2. The third-order valence-electron chi connectivity index (χ3n) is 12.8. The Bertz CT molecular complexity index is 2710. The van der Waals surface area contributed by atoms with Gasteiger partial charge in [-0.15, -0.1) is 0 Å². The van der Waals surface area contributed by atoms with Crippen LogP contribution in [-0.2, 0) is 20.9 Å². The molecule has 0 spiro atoms. The van der Waals surface area contributed by atoms with Gasteiger partial charge >= 0.3 is 12.2 Å². The van der Waals surface area contributed by atoms with Gasteiger partial charge in [0.2, 0.25) is 5.91 Å². The zero-order valence-corrected chi connectivity index (χ0v) is 35.3. The van der Waals surface area contributed by atoms with Crippen molar-refractivity contribution in [3.05, 3.63) is 102 Å². The molecule has 15 nitrogen and oxygen atoms in total. The lowest BCUT2D eigenvalue weighted by Gasteiger charge is -2.32. The van der Waals surface area contributed by atoms with Crippen LogP contribution < -0.4 is 15.4 Å². The van der Waals surface area contributed by atoms with Crippen LogP contribution in [0.25, 0.3) is 44.2 Å². The van der Waals surface area contributed by atoms with Crippen molar-refractivity contribution in [2.75, 3.05) is 7.11 Å².